The van der Waals surface area contributed by atoms with Crippen molar-refractivity contribution >= 4 is 29.6 Å². The van der Waals surface area contributed by atoms with Crippen LogP contribution in [0.3, 0.4) is 0 Å². The average molecular weight is 519 g/mol. The third kappa shape index (κ3) is 6.11. The Bertz CT molecular complexity index is 1440. The lowest BCUT2D eigenvalue weighted by Gasteiger charge is -2.10. The van der Waals surface area contributed by atoms with Crippen LogP contribution in [0.2, 0.25) is 0 Å². The number of aromatic nitrogens is 3. The van der Waals surface area contributed by atoms with Gasteiger partial charge in [-0.05, 0) is 24.3 Å². The molecule has 3 aromatic carbocycles. The number of carbonyl (C=O) groups excluding carboxylic acids is 1. The molecule has 4 rings (SSSR count). The summed E-state index contributed by atoms with van der Waals surface area (Å²) >= 11 is 1.16. The summed E-state index contributed by atoms with van der Waals surface area (Å²) in [5, 5.41) is 24.2. The molecule has 188 valence electrons. The summed E-state index contributed by atoms with van der Waals surface area (Å²) in [5.41, 5.74) is 4.38. The van der Waals surface area contributed by atoms with E-state index in [2.05, 4.69) is 20.7 Å². The Kier molecular flexibility index (Phi) is 8.11. The van der Waals surface area contributed by atoms with E-state index in [1.165, 1.54) is 25.5 Å². The van der Waals surface area contributed by atoms with Crippen LogP contribution >= 0.6 is 11.8 Å². The lowest BCUT2D eigenvalue weighted by atomic mass is 10.2. The molecule has 0 bridgehead atoms. The molecule has 0 saturated carbocycles. The summed E-state index contributed by atoms with van der Waals surface area (Å²) in [5.74, 6) is 1.27. The number of benzene rings is 3. The number of carbonyl (C=O) groups is 1. The standard InChI is InChI=1S/C25H22N6O5S/c1-35-21-12-11-18(22(14-21)36-2)15-26-27-23(32)16-37-25-29-28-24(30(25)19-8-4-3-5-9-19)17-7-6-10-20(13-17)31(33)34/h3-15H,16H2,1-2H3,(H,27,32)/b26-15+. The molecule has 1 aromatic heterocycles. The van der Waals surface area contributed by atoms with Crippen LogP contribution in [0.25, 0.3) is 17.1 Å². The fourth-order valence-corrected chi connectivity index (χ4v) is 4.12. The van der Waals surface area contributed by atoms with Crippen LogP contribution in [0.15, 0.2) is 83.1 Å². The van der Waals surface area contributed by atoms with E-state index in [4.69, 9.17) is 9.47 Å². The molecular formula is C25H22N6O5S. The number of hydrazone groups is 1. The van der Waals surface area contributed by atoms with Gasteiger partial charge in [-0.15, -0.1) is 10.2 Å². The highest BCUT2D eigenvalue weighted by Crippen LogP contribution is 2.29. The van der Waals surface area contributed by atoms with Crippen LogP contribution in [-0.2, 0) is 4.79 Å². The Morgan fingerprint density at radius 1 is 1.08 bits per heavy atom. The quantitative estimate of drug-likeness (QED) is 0.144. The number of nitrogens with zero attached hydrogens (tertiary/aromatic N) is 5. The number of thioether (sulfide) groups is 1. The molecule has 12 heteroatoms. The Hall–Kier alpha value is -4.71. The van der Waals surface area contributed by atoms with Gasteiger partial charge in [0.25, 0.3) is 11.6 Å². The second kappa shape index (κ2) is 11.8. The highest BCUT2D eigenvalue weighted by Gasteiger charge is 2.19. The number of hydrogen-bond donors (Lipinski definition) is 1. The number of methoxy groups -OCH3 is 2. The maximum atomic E-state index is 12.5. The Morgan fingerprint density at radius 2 is 1.89 bits per heavy atom. The van der Waals surface area contributed by atoms with Crippen molar-refractivity contribution in [2.75, 3.05) is 20.0 Å². The van der Waals surface area contributed by atoms with Gasteiger partial charge in [0, 0.05) is 35.0 Å². The number of para-hydroxylation sites is 1. The first-order valence-corrected chi connectivity index (χ1v) is 11.9. The highest BCUT2D eigenvalue weighted by molar-refractivity contribution is 7.99. The van der Waals surface area contributed by atoms with E-state index < -0.39 is 4.92 Å². The fourth-order valence-electron chi connectivity index (χ4n) is 3.38. The molecule has 1 heterocycles. The van der Waals surface area contributed by atoms with E-state index >= 15 is 0 Å². The number of nitro groups is 1. The minimum atomic E-state index is -0.464. The summed E-state index contributed by atoms with van der Waals surface area (Å²) in [6, 6.07) is 20.7. The van der Waals surface area contributed by atoms with Gasteiger partial charge in [-0.1, -0.05) is 42.1 Å². The van der Waals surface area contributed by atoms with Gasteiger partial charge in [0.15, 0.2) is 11.0 Å². The minimum absolute atomic E-state index is 0.0109. The van der Waals surface area contributed by atoms with Crippen molar-refractivity contribution in [2.24, 2.45) is 5.10 Å². The lowest BCUT2D eigenvalue weighted by molar-refractivity contribution is -0.384. The van der Waals surface area contributed by atoms with E-state index in [-0.39, 0.29) is 17.3 Å². The molecule has 0 aliphatic carbocycles. The summed E-state index contributed by atoms with van der Waals surface area (Å²) < 4.78 is 12.3. The third-order valence-electron chi connectivity index (χ3n) is 5.13. The summed E-state index contributed by atoms with van der Waals surface area (Å²) in [7, 11) is 3.10. The molecule has 1 amide bonds. The van der Waals surface area contributed by atoms with Gasteiger partial charge in [-0.2, -0.15) is 5.10 Å². The van der Waals surface area contributed by atoms with Gasteiger partial charge < -0.3 is 9.47 Å². The summed E-state index contributed by atoms with van der Waals surface area (Å²) in [6.45, 7) is 0. The highest BCUT2D eigenvalue weighted by atomic mass is 32.2. The van der Waals surface area contributed by atoms with Crippen molar-refractivity contribution in [3.8, 4) is 28.6 Å². The van der Waals surface area contributed by atoms with Crippen LogP contribution in [0.4, 0.5) is 5.69 Å². The summed E-state index contributed by atoms with van der Waals surface area (Å²) in [4.78, 5) is 23.3. The van der Waals surface area contributed by atoms with E-state index in [1.54, 1.807) is 42.0 Å². The van der Waals surface area contributed by atoms with Crippen molar-refractivity contribution in [1.29, 1.82) is 0 Å². The normalized spacial score (nSPS) is 10.9. The molecule has 0 radical (unpaired) electrons. The zero-order valence-corrected chi connectivity index (χ0v) is 20.7. The van der Waals surface area contributed by atoms with Gasteiger partial charge in [-0.25, -0.2) is 5.43 Å². The van der Waals surface area contributed by atoms with E-state index in [9.17, 15) is 14.9 Å². The Morgan fingerprint density at radius 3 is 2.62 bits per heavy atom. The van der Waals surface area contributed by atoms with Crippen LogP contribution < -0.4 is 14.9 Å². The molecule has 0 unspecified atom stereocenters. The number of nitrogens with one attached hydrogen (secondary N) is 1. The SMILES string of the molecule is COc1ccc(/C=N/NC(=O)CSc2nnc(-c3cccc([N+](=O)[O-])c3)n2-c2ccccc2)c(OC)c1. The zero-order valence-electron chi connectivity index (χ0n) is 19.9. The third-order valence-corrected chi connectivity index (χ3v) is 6.06. The molecule has 4 aromatic rings. The van der Waals surface area contributed by atoms with Crippen molar-refractivity contribution < 1.29 is 19.2 Å². The van der Waals surface area contributed by atoms with Crippen molar-refractivity contribution in [1.82, 2.24) is 20.2 Å². The van der Waals surface area contributed by atoms with Crippen LogP contribution in [0.1, 0.15) is 5.56 Å². The van der Waals surface area contributed by atoms with Crippen LogP contribution in [0.5, 0.6) is 11.5 Å². The van der Waals surface area contributed by atoms with Gasteiger partial charge in [-0.3, -0.25) is 19.5 Å². The first kappa shape index (κ1) is 25.4. The maximum Gasteiger partial charge on any atom is 0.270 e. The predicted octanol–water partition coefficient (Wildman–Crippen LogP) is 4.10. The van der Waals surface area contributed by atoms with Crippen molar-refractivity contribution in [3.05, 3.63) is 88.5 Å². The lowest BCUT2D eigenvalue weighted by Crippen LogP contribution is -2.20. The number of hydrogen-bond acceptors (Lipinski definition) is 9. The maximum absolute atomic E-state index is 12.5. The van der Waals surface area contributed by atoms with E-state index in [0.29, 0.717) is 33.6 Å². The smallest absolute Gasteiger partial charge is 0.270 e. The minimum Gasteiger partial charge on any atom is -0.497 e. The molecule has 0 atom stereocenters. The molecule has 37 heavy (non-hydrogen) atoms. The molecule has 0 spiro atoms. The van der Waals surface area contributed by atoms with Gasteiger partial charge in [0.05, 0.1) is 31.1 Å². The summed E-state index contributed by atoms with van der Waals surface area (Å²) in [6.07, 6.45) is 1.48. The predicted molar refractivity (Wildman–Crippen MR) is 139 cm³/mol. The van der Waals surface area contributed by atoms with Crippen LogP contribution in [0, 0.1) is 10.1 Å². The number of rotatable bonds is 10. The second-order valence-corrected chi connectivity index (χ2v) is 8.42. The molecule has 11 nitrogen and oxygen atoms in total. The molecular weight excluding hydrogens is 496 g/mol. The Labute approximate surface area is 216 Å². The van der Waals surface area contributed by atoms with Gasteiger partial charge in [0.1, 0.15) is 11.5 Å². The zero-order chi connectivity index (χ0) is 26.2. The van der Waals surface area contributed by atoms with Gasteiger partial charge in [0.2, 0.25) is 0 Å². The largest absolute Gasteiger partial charge is 0.497 e. The van der Waals surface area contributed by atoms with Crippen molar-refractivity contribution in [3.63, 3.8) is 0 Å². The molecule has 0 aliphatic heterocycles. The van der Waals surface area contributed by atoms with Gasteiger partial charge >= 0.3 is 0 Å². The van der Waals surface area contributed by atoms with E-state index in [1.807, 2.05) is 30.3 Å². The monoisotopic (exact) mass is 518 g/mol. The van der Waals surface area contributed by atoms with E-state index in [0.717, 1.165) is 17.4 Å². The second-order valence-electron chi connectivity index (χ2n) is 7.47. The molecule has 0 aliphatic rings. The molecule has 0 saturated heterocycles. The first-order chi connectivity index (χ1) is 18.0. The number of non-ortho nitro benzene ring substituents is 1. The topological polar surface area (TPSA) is 134 Å². The first-order valence-electron chi connectivity index (χ1n) is 10.9. The fraction of sp³-hybridized carbons (Fsp3) is 0.120. The Balaban J connectivity index is 1.51. The van der Waals surface area contributed by atoms with Crippen molar-refractivity contribution in [2.45, 2.75) is 5.16 Å². The number of ether oxygens (including phenoxy) is 2. The van der Waals surface area contributed by atoms with Crippen LogP contribution in [-0.4, -0.2) is 51.8 Å². The molecule has 0 fully saturated rings. The number of nitro benzene ring substituents is 1. The number of amides is 1. The molecule has 1 N–H and O–H groups in total. The average Bonchev–Trinajstić information content (AvgIpc) is 3.36.